The Morgan fingerprint density at radius 2 is 1.67 bits per heavy atom. The van der Waals surface area contributed by atoms with Crippen LogP contribution in [0, 0.1) is 0 Å². The van der Waals surface area contributed by atoms with Gasteiger partial charge in [-0.1, -0.05) is 57.9 Å². The normalized spacial score (nSPS) is 12.7. The molecule has 0 fully saturated rings. The topological polar surface area (TPSA) is 66.9 Å². The monoisotopic (exact) mass is 562 g/mol. The highest BCUT2D eigenvalue weighted by atomic mass is 79.9. The van der Waals surface area contributed by atoms with E-state index in [-0.39, 0.29) is 19.0 Å². The molecule has 0 unspecified atom stereocenters. The fourth-order valence-corrected chi connectivity index (χ4v) is 5.13. The number of anilines is 1. The van der Waals surface area contributed by atoms with Crippen LogP contribution in [0.5, 0.6) is 5.75 Å². The van der Waals surface area contributed by atoms with Crippen molar-refractivity contribution in [3.8, 4) is 5.75 Å². The lowest BCUT2D eigenvalue weighted by molar-refractivity contribution is 0.0611. The maximum absolute atomic E-state index is 13.6. The number of hydrogen-bond acceptors (Lipinski definition) is 4. The number of rotatable bonds is 6. The zero-order valence-electron chi connectivity index (χ0n) is 19.2. The third-order valence-corrected chi connectivity index (χ3v) is 7.11. The Bertz CT molecular complexity index is 1520. The summed E-state index contributed by atoms with van der Waals surface area (Å²) in [6, 6.07) is 22.6. The molecule has 4 aromatic carbocycles. The van der Waals surface area contributed by atoms with Crippen LogP contribution in [-0.2, 0) is 0 Å². The Kier molecular flexibility index (Phi) is 6.51. The standard InChI is InChI=1S/C28H20BrClN2O4/c1-36-24-11-3-2-10-23(24)31(26(33)17-6-4-7-18(30)16-17)14-15-32-27(34)20-9-5-8-19-22(29)13-12-21(25(19)20)28(32)35/h2-13,16H,14-15H2,1H3. The summed E-state index contributed by atoms with van der Waals surface area (Å²) >= 11 is 9.64. The van der Waals surface area contributed by atoms with Gasteiger partial charge in [0.2, 0.25) is 0 Å². The van der Waals surface area contributed by atoms with Gasteiger partial charge in [-0.2, -0.15) is 0 Å². The first-order valence-electron chi connectivity index (χ1n) is 11.2. The molecule has 0 N–H and O–H groups in total. The molecule has 4 aromatic rings. The summed E-state index contributed by atoms with van der Waals surface area (Å²) in [7, 11) is 1.52. The van der Waals surface area contributed by atoms with Gasteiger partial charge in [-0.15, -0.1) is 0 Å². The number of nitrogens with zero attached hydrogens (tertiary/aromatic N) is 2. The molecular weight excluding hydrogens is 544 g/mol. The van der Waals surface area contributed by atoms with Gasteiger partial charge in [0.15, 0.2) is 0 Å². The van der Waals surface area contributed by atoms with Gasteiger partial charge >= 0.3 is 0 Å². The molecule has 5 rings (SSSR count). The van der Waals surface area contributed by atoms with Crippen LogP contribution in [0.25, 0.3) is 10.8 Å². The highest BCUT2D eigenvalue weighted by Gasteiger charge is 2.34. The molecule has 0 aliphatic carbocycles. The number of carbonyl (C=O) groups is 3. The van der Waals surface area contributed by atoms with Crippen molar-refractivity contribution < 1.29 is 19.1 Å². The first kappa shape index (κ1) is 24.0. The van der Waals surface area contributed by atoms with Crippen molar-refractivity contribution in [2.24, 2.45) is 0 Å². The fourth-order valence-electron chi connectivity index (χ4n) is 4.48. The van der Waals surface area contributed by atoms with E-state index in [4.69, 9.17) is 16.3 Å². The van der Waals surface area contributed by atoms with Crippen LogP contribution >= 0.6 is 27.5 Å². The summed E-state index contributed by atoms with van der Waals surface area (Å²) in [5.41, 5.74) is 1.81. The molecule has 0 spiro atoms. The molecule has 0 radical (unpaired) electrons. The molecule has 3 amide bonds. The maximum Gasteiger partial charge on any atom is 0.261 e. The zero-order chi connectivity index (χ0) is 25.4. The minimum Gasteiger partial charge on any atom is -0.495 e. The molecule has 1 heterocycles. The Labute approximate surface area is 221 Å². The van der Waals surface area contributed by atoms with Gasteiger partial charge in [0, 0.05) is 44.7 Å². The molecule has 36 heavy (non-hydrogen) atoms. The molecule has 1 aliphatic heterocycles. The number of amides is 3. The van der Waals surface area contributed by atoms with Crippen molar-refractivity contribution in [2.45, 2.75) is 0 Å². The van der Waals surface area contributed by atoms with Crippen LogP contribution in [-0.4, -0.2) is 42.8 Å². The predicted octanol–water partition coefficient (Wildman–Crippen LogP) is 6.21. The van der Waals surface area contributed by atoms with E-state index in [1.807, 2.05) is 6.07 Å². The van der Waals surface area contributed by atoms with Gasteiger partial charge in [0.25, 0.3) is 17.7 Å². The smallest absolute Gasteiger partial charge is 0.261 e. The number of halogens is 2. The summed E-state index contributed by atoms with van der Waals surface area (Å²) in [4.78, 5) is 43.2. The summed E-state index contributed by atoms with van der Waals surface area (Å²) in [5.74, 6) is -0.632. The quantitative estimate of drug-likeness (QED) is 0.262. The molecule has 180 valence electrons. The summed E-state index contributed by atoms with van der Waals surface area (Å²) in [6.45, 7) is 0.0545. The van der Waals surface area contributed by atoms with Crippen LogP contribution in [0.3, 0.4) is 0 Å². The Morgan fingerprint density at radius 1 is 0.944 bits per heavy atom. The number of methoxy groups -OCH3 is 1. The van der Waals surface area contributed by atoms with Crippen molar-refractivity contribution in [3.63, 3.8) is 0 Å². The van der Waals surface area contributed by atoms with Crippen LogP contribution in [0.1, 0.15) is 31.1 Å². The third-order valence-electron chi connectivity index (χ3n) is 6.18. The van der Waals surface area contributed by atoms with Crippen LogP contribution < -0.4 is 9.64 Å². The zero-order valence-corrected chi connectivity index (χ0v) is 21.5. The van der Waals surface area contributed by atoms with Gasteiger partial charge in [0.1, 0.15) is 5.75 Å². The average Bonchev–Trinajstić information content (AvgIpc) is 2.90. The van der Waals surface area contributed by atoms with Crippen LogP contribution in [0.4, 0.5) is 5.69 Å². The molecule has 0 saturated heterocycles. The molecule has 6 nitrogen and oxygen atoms in total. The minimum atomic E-state index is -0.397. The number of para-hydroxylation sites is 2. The van der Waals surface area contributed by atoms with E-state index < -0.39 is 11.8 Å². The van der Waals surface area contributed by atoms with Crippen molar-refractivity contribution in [2.75, 3.05) is 25.1 Å². The SMILES string of the molecule is COc1ccccc1N(CCN1C(=O)c2cccc3c(Br)ccc(c23)C1=O)C(=O)c1cccc(Cl)c1. The first-order chi connectivity index (χ1) is 17.4. The van der Waals surface area contributed by atoms with Crippen LogP contribution in [0.15, 0.2) is 83.3 Å². The largest absolute Gasteiger partial charge is 0.495 e. The highest BCUT2D eigenvalue weighted by Crippen LogP contribution is 2.35. The van der Waals surface area contributed by atoms with Gasteiger partial charge in [-0.3, -0.25) is 19.3 Å². The lowest BCUT2D eigenvalue weighted by Crippen LogP contribution is -2.46. The lowest BCUT2D eigenvalue weighted by atomic mass is 9.94. The second kappa shape index (κ2) is 9.76. The molecule has 0 atom stereocenters. The van der Waals surface area contributed by atoms with Crippen molar-refractivity contribution in [1.29, 1.82) is 0 Å². The average molecular weight is 564 g/mol. The maximum atomic E-state index is 13.6. The molecular formula is C28H20BrClN2O4. The molecule has 1 aliphatic rings. The third kappa shape index (κ3) is 4.14. The van der Waals surface area contributed by atoms with Gasteiger partial charge in [0.05, 0.1) is 12.8 Å². The molecule has 0 bridgehead atoms. The van der Waals surface area contributed by atoms with E-state index >= 15 is 0 Å². The minimum absolute atomic E-state index is 0.00604. The predicted molar refractivity (Wildman–Crippen MR) is 143 cm³/mol. The molecule has 0 saturated carbocycles. The van der Waals surface area contributed by atoms with E-state index in [0.29, 0.717) is 38.5 Å². The van der Waals surface area contributed by atoms with Crippen molar-refractivity contribution >= 4 is 61.7 Å². The fraction of sp³-hybridized carbons (Fsp3) is 0.107. The first-order valence-corrected chi connectivity index (χ1v) is 12.4. The lowest BCUT2D eigenvalue weighted by Gasteiger charge is -2.31. The second-order valence-corrected chi connectivity index (χ2v) is 9.51. The summed E-state index contributed by atoms with van der Waals surface area (Å²) < 4.78 is 6.31. The van der Waals surface area contributed by atoms with E-state index in [9.17, 15) is 14.4 Å². The number of ether oxygens (including phenoxy) is 1. The van der Waals surface area contributed by atoms with Crippen molar-refractivity contribution in [3.05, 3.63) is 105 Å². The van der Waals surface area contributed by atoms with Gasteiger partial charge < -0.3 is 9.64 Å². The number of hydrogen-bond donors (Lipinski definition) is 0. The van der Waals surface area contributed by atoms with Gasteiger partial charge in [-0.25, -0.2) is 0 Å². The van der Waals surface area contributed by atoms with E-state index in [1.165, 1.54) is 16.9 Å². The van der Waals surface area contributed by atoms with Crippen LogP contribution in [0.2, 0.25) is 5.02 Å². The van der Waals surface area contributed by atoms with E-state index in [1.54, 1.807) is 72.8 Å². The Hall–Kier alpha value is -3.68. The van der Waals surface area contributed by atoms with E-state index in [0.717, 1.165) is 9.86 Å². The number of carbonyl (C=O) groups excluding carboxylic acids is 3. The summed E-state index contributed by atoms with van der Waals surface area (Å²) in [5, 5.41) is 1.87. The Balaban J connectivity index is 1.51. The van der Waals surface area contributed by atoms with Crippen molar-refractivity contribution in [1.82, 2.24) is 4.90 Å². The summed E-state index contributed by atoms with van der Waals surface area (Å²) in [6.07, 6.45) is 0. The number of benzene rings is 4. The molecule has 8 heteroatoms. The van der Waals surface area contributed by atoms with E-state index in [2.05, 4.69) is 15.9 Å². The van der Waals surface area contributed by atoms with Gasteiger partial charge in [-0.05, 0) is 53.9 Å². The number of imide groups is 1. The highest BCUT2D eigenvalue weighted by molar-refractivity contribution is 9.10. The molecule has 0 aromatic heterocycles. The Morgan fingerprint density at radius 3 is 2.42 bits per heavy atom. The second-order valence-electron chi connectivity index (χ2n) is 8.22.